The summed E-state index contributed by atoms with van der Waals surface area (Å²) in [7, 11) is 1.64. The zero-order chi connectivity index (χ0) is 17.5. The monoisotopic (exact) mass is 337 g/mol. The summed E-state index contributed by atoms with van der Waals surface area (Å²) in [5.41, 5.74) is 1.92. The summed E-state index contributed by atoms with van der Waals surface area (Å²) in [5.74, 6) is 1.16. The van der Waals surface area contributed by atoms with Crippen LogP contribution < -0.4 is 10.1 Å². The molecule has 0 bridgehead atoms. The second-order valence-corrected chi connectivity index (χ2v) is 5.42. The maximum Gasteiger partial charge on any atom is 0.243 e. The molecule has 25 heavy (non-hydrogen) atoms. The maximum absolute atomic E-state index is 12.0. The zero-order valence-corrected chi connectivity index (χ0v) is 13.9. The molecule has 0 spiro atoms. The third-order valence-corrected chi connectivity index (χ3v) is 3.68. The number of nitrogens with zero attached hydrogens (tertiary/aromatic N) is 4. The Morgan fingerprint density at radius 3 is 2.68 bits per heavy atom. The number of aromatic nitrogens is 4. The predicted molar refractivity (Wildman–Crippen MR) is 93.0 cm³/mol. The predicted octanol–water partition coefficient (Wildman–Crippen LogP) is 1.71. The minimum absolute atomic E-state index is 0.0335. The van der Waals surface area contributed by atoms with E-state index in [1.807, 2.05) is 54.6 Å². The van der Waals surface area contributed by atoms with Crippen molar-refractivity contribution in [2.75, 3.05) is 13.7 Å². The van der Waals surface area contributed by atoms with E-state index in [1.54, 1.807) is 7.11 Å². The molecule has 7 heteroatoms. The van der Waals surface area contributed by atoms with Gasteiger partial charge in [-0.3, -0.25) is 4.79 Å². The summed E-state index contributed by atoms with van der Waals surface area (Å²) >= 11 is 0. The van der Waals surface area contributed by atoms with E-state index in [4.69, 9.17) is 4.74 Å². The van der Waals surface area contributed by atoms with E-state index in [-0.39, 0.29) is 12.5 Å². The SMILES string of the molecule is COc1ccccc1CCNC(=O)Cn1nnc(-c2ccccc2)n1. The van der Waals surface area contributed by atoms with Crippen LogP contribution in [0.2, 0.25) is 0 Å². The summed E-state index contributed by atoms with van der Waals surface area (Å²) < 4.78 is 5.30. The highest BCUT2D eigenvalue weighted by molar-refractivity contribution is 5.75. The Bertz CT molecular complexity index is 832. The first kappa shape index (κ1) is 16.6. The first-order valence-electron chi connectivity index (χ1n) is 7.98. The van der Waals surface area contributed by atoms with E-state index >= 15 is 0 Å². The summed E-state index contributed by atoms with van der Waals surface area (Å²) in [6, 6.07) is 17.3. The number of hydrogen-bond acceptors (Lipinski definition) is 5. The van der Waals surface area contributed by atoms with Crippen molar-refractivity contribution < 1.29 is 9.53 Å². The molecule has 0 radical (unpaired) electrons. The Labute approximate surface area is 145 Å². The van der Waals surface area contributed by atoms with Gasteiger partial charge in [-0.25, -0.2) is 0 Å². The molecule has 1 aromatic heterocycles. The van der Waals surface area contributed by atoms with E-state index < -0.39 is 0 Å². The normalized spacial score (nSPS) is 10.4. The summed E-state index contributed by atoms with van der Waals surface area (Å²) in [4.78, 5) is 13.3. The Morgan fingerprint density at radius 1 is 1.12 bits per heavy atom. The average molecular weight is 337 g/mol. The molecular weight excluding hydrogens is 318 g/mol. The van der Waals surface area contributed by atoms with Crippen molar-refractivity contribution in [2.24, 2.45) is 0 Å². The summed E-state index contributed by atoms with van der Waals surface area (Å²) in [6.45, 7) is 0.547. The van der Waals surface area contributed by atoms with Crippen molar-refractivity contribution in [3.8, 4) is 17.1 Å². The van der Waals surface area contributed by atoms with Crippen molar-refractivity contribution >= 4 is 5.91 Å². The van der Waals surface area contributed by atoms with Crippen LogP contribution in [0.1, 0.15) is 5.56 Å². The summed E-state index contributed by atoms with van der Waals surface area (Å²) in [6.07, 6.45) is 0.690. The number of tetrazole rings is 1. The number of ether oxygens (including phenoxy) is 1. The fourth-order valence-electron chi connectivity index (χ4n) is 2.44. The van der Waals surface area contributed by atoms with Gasteiger partial charge in [-0.2, -0.15) is 4.80 Å². The van der Waals surface area contributed by atoms with Crippen molar-refractivity contribution in [3.63, 3.8) is 0 Å². The maximum atomic E-state index is 12.0. The highest BCUT2D eigenvalue weighted by Gasteiger charge is 2.09. The summed E-state index contributed by atoms with van der Waals surface area (Å²) in [5, 5.41) is 15.0. The van der Waals surface area contributed by atoms with Gasteiger partial charge in [0.2, 0.25) is 11.7 Å². The van der Waals surface area contributed by atoms with Crippen molar-refractivity contribution in [1.29, 1.82) is 0 Å². The Morgan fingerprint density at radius 2 is 1.88 bits per heavy atom. The van der Waals surface area contributed by atoms with Crippen LogP contribution in [0.3, 0.4) is 0 Å². The van der Waals surface area contributed by atoms with E-state index in [9.17, 15) is 4.79 Å². The molecule has 1 heterocycles. The smallest absolute Gasteiger partial charge is 0.243 e. The zero-order valence-electron chi connectivity index (χ0n) is 13.9. The Balaban J connectivity index is 1.51. The third-order valence-electron chi connectivity index (χ3n) is 3.68. The van der Waals surface area contributed by atoms with Gasteiger partial charge in [-0.1, -0.05) is 48.5 Å². The molecule has 0 saturated carbocycles. The first-order chi connectivity index (χ1) is 12.3. The fourth-order valence-corrected chi connectivity index (χ4v) is 2.44. The molecular formula is C18H19N5O2. The van der Waals surface area contributed by atoms with Crippen LogP contribution in [-0.2, 0) is 17.8 Å². The number of methoxy groups -OCH3 is 1. The molecule has 0 fully saturated rings. The van der Waals surface area contributed by atoms with E-state index in [2.05, 4.69) is 20.7 Å². The standard InChI is InChI=1S/C18H19N5O2/c1-25-16-10-6-5-7-14(16)11-12-19-17(24)13-23-21-18(20-22-23)15-8-3-2-4-9-15/h2-10H,11-13H2,1H3,(H,19,24). The van der Waals surface area contributed by atoms with Gasteiger partial charge in [-0.05, 0) is 23.3 Å². The lowest BCUT2D eigenvalue weighted by Crippen LogP contribution is -2.30. The van der Waals surface area contributed by atoms with Crippen LogP contribution in [0.4, 0.5) is 0 Å². The number of benzene rings is 2. The molecule has 3 rings (SSSR count). The second-order valence-electron chi connectivity index (χ2n) is 5.42. The van der Waals surface area contributed by atoms with E-state index in [0.29, 0.717) is 18.8 Å². The minimum Gasteiger partial charge on any atom is -0.496 e. The third kappa shape index (κ3) is 4.41. The Kier molecular flexibility index (Phi) is 5.36. The van der Waals surface area contributed by atoms with Gasteiger partial charge in [0.15, 0.2) is 0 Å². The number of hydrogen-bond donors (Lipinski definition) is 1. The number of amides is 1. The highest BCUT2D eigenvalue weighted by Crippen LogP contribution is 2.17. The van der Waals surface area contributed by atoms with Crippen LogP contribution >= 0.6 is 0 Å². The highest BCUT2D eigenvalue weighted by atomic mass is 16.5. The number of nitrogens with one attached hydrogen (secondary N) is 1. The van der Waals surface area contributed by atoms with Gasteiger partial charge in [0, 0.05) is 12.1 Å². The number of carbonyl (C=O) groups excluding carboxylic acids is 1. The molecule has 0 saturated heterocycles. The molecule has 0 unspecified atom stereocenters. The largest absolute Gasteiger partial charge is 0.496 e. The number of para-hydroxylation sites is 1. The molecule has 1 amide bonds. The second kappa shape index (κ2) is 8.05. The van der Waals surface area contributed by atoms with Gasteiger partial charge in [0.05, 0.1) is 7.11 Å². The quantitative estimate of drug-likeness (QED) is 0.710. The van der Waals surface area contributed by atoms with Crippen molar-refractivity contribution in [3.05, 3.63) is 60.2 Å². The first-order valence-corrected chi connectivity index (χ1v) is 7.98. The van der Waals surface area contributed by atoms with Crippen LogP contribution in [0.25, 0.3) is 11.4 Å². The van der Waals surface area contributed by atoms with E-state index in [1.165, 1.54) is 4.80 Å². The lowest BCUT2D eigenvalue weighted by Gasteiger charge is -2.08. The van der Waals surface area contributed by atoms with Gasteiger partial charge in [0.25, 0.3) is 0 Å². The van der Waals surface area contributed by atoms with Crippen LogP contribution in [0, 0.1) is 0 Å². The van der Waals surface area contributed by atoms with Gasteiger partial charge in [-0.15, -0.1) is 10.2 Å². The topological polar surface area (TPSA) is 81.9 Å². The molecule has 0 aliphatic carbocycles. The van der Waals surface area contributed by atoms with Gasteiger partial charge < -0.3 is 10.1 Å². The van der Waals surface area contributed by atoms with E-state index in [0.717, 1.165) is 16.9 Å². The van der Waals surface area contributed by atoms with Crippen molar-refractivity contribution in [1.82, 2.24) is 25.5 Å². The van der Waals surface area contributed by atoms with Crippen LogP contribution in [-0.4, -0.2) is 39.8 Å². The lowest BCUT2D eigenvalue weighted by atomic mass is 10.1. The number of carbonyl (C=O) groups is 1. The molecule has 1 N–H and O–H groups in total. The van der Waals surface area contributed by atoms with Gasteiger partial charge >= 0.3 is 0 Å². The van der Waals surface area contributed by atoms with Crippen LogP contribution in [0.5, 0.6) is 5.75 Å². The average Bonchev–Trinajstić information content (AvgIpc) is 3.11. The van der Waals surface area contributed by atoms with Gasteiger partial charge in [0.1, 0.15) is 12.3 Å². The Hall–Kier alpha value is -3.22. The fraction of sp³-hybridized carbons (Fsp3) is 0.222. The minimum atomic E-state index is -0.160. The molecule has 3 aromatic rings. The number of rotatable bonds is 7. The molecule has 128 valence electrons. The molecule has 0 aliphatic heterocycles. The molecule has 7 nitrogen and oxygen atoms in total. The molecule has 0 aliphatic rings. The lowest BCUT2D eigenvalue weighted by molar-refractivity contribution is -0.122. The molecule has 2 aromatic carbocycles. The van der Waals surface area contributed by atoms with Crippen molar-refractivity contribution in [2.45, 2.75) is 13.0 Å². The molecule has 0 atom stereocenters. The van der Waals surface area contributed by atoms with Crippen LogP contribution in [0.15, 0.2) is 54.6 Å².